The molecule has 0 heterocycles. The quantitative estimate of drug-likeness (QED) is 0.836. The Morgan fingerprint density at radius 3 is 2.33 bits per heavy atom. The van der Waals surface area contributed by atoms with Crippen LogP contribution in [0.2, 0.25) is 0 Å². The van der Waals surface area contributed by atoms with E-state index in [0.29, 0.717) is 23.6 Å². The summed E-state index contributed by atoms with van der Waals surface area (Å²) in [4.78, 5) is 0. The molecule has 0 radical (unpaired) electrons. The monoisotopic (exact) mass is 339 g/mol. The van der Waals surface area contributed by atoms with Crippen LogP contribution in [0.15, 0.2) is 42.5 Å². The van der Waals surface area contributed by atoms with Crippen molar-refractivity contribution in [3.63, 3.8) is 0 Å². The Hall–Kier alpha value is -2.21. The van der Waals surface area contributed by atoms with Crippen molar-refractivity contribution in [3.05, 3.63) is 59.2 Å². The maximum Gasteiger partial charge on any atom is 0.416 e. The van der Waals surface area contributed by atoms with Crippen LogP contribution in [0.4, 0.5) is 13.2 Å². The number of nitrogens with one attached hydrogen (secondary N) is 1. The van der Waals surface area contributed by atoms with Gasteiger partial charge in [0.2, 0.25) is 0 Å². The van der Waals surface area contributed by atoms with Gasteiger partial charge in [-0.15, -0.1) is 0 Å². The summed E-state index contributed by atoms with van der Waals surface area (Å²) in [5, 5.41) is 3.22. The van der Waals surface area contributed by atoms with Crippen molar-refractivity contribution in [1.82, 2.24) is 5.32 Å². The molecule has 2 rings (SSSR count). The molecule has 1 unspecified atom stereocenters. The largest absolute Gasteiger partial charge is 0.493 e. The van der Waals surface area contributed by atoms with Gasteiger partial charge in [-0.3, -0.25) is 0 Å². The average molecular weight is 339 g/mol. The Labute approximate surface area is 139 Å². The summed E-state index contributed by atoms with van der Waals surface area (Å²) in [7, 11) is 3.12. The van der Waals surface area contributed by atoms with Gasteiger partial charge in [-0.05, 0) is 36.2 Å². The van der Waals surface area contributed by atoms with Gasteiger partial charge < -0.3 is 14.8 Å². The van der Waals surface area contributed by atoms with Gasteiger partial charge in [0, 0.05) is 12.6 Å². The molecule has 0 saturated heterocycles. The highest BCUT2D eigenvalue weighted by Crippen LogP contribution is 2.31. The van der Waals surface area contributed by atoms with Crippen molar-refractivity contribution in [3.8, 4) is 11.5 Å². The van der Waals surface area contributed by atoms with Crippen molar-refractivity contribution >= 4 is 0 Å². The van der Waals surface area contributed by atoms with Crippen molar-refractivity contribution in [2.75, 3.05) is 14.2 Å². The second-order valence-corrected chi connectivity index (χ2v) is 5.42. The first-order valence-electron chi connectivity index (χ1n) is 7.46. The van der Waals surface area contributed by atoms with Gasteiger partial charge in [-0.1, -0.05) is 24.3 Å². The minimum absolute atomic E-state index is 0.0562. The molecule has 130 valence electrons. The lowest BCUT2D eigenvalue weighted by atomic mass is 10.1. The maximum absolute atomic E-state index is 12.7. The van der Waals surface area contributed by atoms with Crippen LogP contribution in [0.3, 0.4) is 0 Å². The standard InChI is InChI=1S/C18H20F3NO2/c1-12(14-7-8-16(23-2)17(10-14)24-3)22-11-13-5-4-6-15(9-13)18(19,20)21/h4-10,12,22H,11H2,1-3H3. The molecule has 0 aliphatic heterocycles. The van der Waals surface area contributed by atoms with Crippen molar-refractivity contribution < 1.29 is 22.6 Å². The minimum atomic E-state index is -4.33. The third kappa shape index (κ3) is 4.41. The maximum atomic E-state index is 12.7. The van der Waals surface area contributed by atoms with Crippen LogP contribution in [0, 0.1) is 0 Å². The topological polar surface area (TPSA) is 30.5 Å². The number of rotatable bonds is 6. The van der Waals surface area contributed by atoms with E-state index < -0.39 is 11.7 Å². The van der Waals surface area contributed by atoms with E-state index in [1.165, 1.54) is 6.07 Å². The first-order chi connectivity index (χ1) is 11.3. The third-order valence-electron chi connectivity index (χ3n) is 3.77. The molecule has 3 nitrogen and oxygen atoms in total. The van der Waals surface area contributed by atoms with Gasteiger partial charge in [0.05, 0.1) is 19.8 Å². The summed E-state index contributed by atoms with van der Waals surface area (Å²) in [5.41, 5.74) is 0.900. The number of ether oxygens (including phenoxy) is 2. The molecule has 1 atom stereocenters. The zero-order chi connectivity index (χ0) is 17.7. The van der Waals surface area contributed by atoms with Crippen LogP contribution in [-0.4, -0.2) is 14.2 Å². The molecule has 0 aliphatic carbocycles. The Balaban J connectivity index is 2.07. The van der Waals surface area contributed by atoms with Gasteiger partial charge in [0.15, 0.2) is 11.5 Å². The smallest absolute Gasteiger partial charge is 0.416 e. The molecule has 6 heteroatoms. The molecule has 0 amide bonds. The number of hydrogen-bond donors (Lipinski definition) is 1. The zero-order valence-electron chi connectivity index (χ0n) is 13.8. The lowest BCUT2D eigenvalue weighted by molar-refractivity contribution is -0.137. The van der Waals surface area contributed by atoms with E-state index in [-0.39, 0.29) is 6.04 Å². The van der Waals surface area contributed by atoms with Gasteiger partial charge in [0.1, 0.15) is 0 Å². The van der Waals surface area contributed by atoms with Crippen LogP contribution in [0.5, 0.6) is 11.5 Å². The summed E-state index contributed by atoms with van der Waals surface area (Å²) in [6.45, 7) is 2.27. The van der Waals surface area contributed by atoms with E-state index in [1.54, 1.807) is 26.4 Å². The highest BCUT2D eigenvalue weighted by Gasteiger charge is 2.30. The Morgan fingerprint density at radius 2 is 1.71 bits per heavy atom. The number of benzene rings is 2. The fourth-order valence-corrected chi connectivity index (χ4v) is 2.37. The van der Waals surface area contributed by atoms with Gasteiger partial charge in [-0.25, -0.2) is 0 Å². The Kier molecular flexibility index (Phi) is 5.72. The SMILES string of the molecule is COc1ccc(C(C)NCc2cccc(C(F)(F)F)c2)cc1OC. The summed E-state index contributed by atoms with van der Waals surface area (Å²) in [6, 6.07) is 10.8. The van der Waals surface area contributed by atoms with Crippen molar-refractivity contribution in [1.29, 1.82) is 0 Å². The highest BCUT2D eigenvalue weighted by atomic mass is 19.4. The van der Waals surface area contributed by atoms with E-state index in [2.05, 4.69) is 5.32 Å². The Bertz CT molecular complexity index is 686. The van der Waals surface area contributed by atoms with Gasteiger partial charge in [0.25, 0.3) is 0 Å². The van der Waals surface area contributed by atoms with E-state index >= 15 is 0 Å². The first kappa shape index (κ1) is 18.1. The van der Waals surface area contributed by atoms with Crippen LogP contribution in [-0.2, 0) is 12.7 Å². The molecule has 24 heavy (non-hydrogen) atoms. The molecular weight excluding hydrogens is 319 g/mol. The van der Waals surface area contributed by atoms with Crippen molar-refractivity contribution in [2.24, 2.45) is 0 Å². The van der Waals surface area contributed by atoms with Crippen LogP contribution < -0.4 is 14.8 Å². The van der Waals surface area contributed by atoms with Gasteiger partial charge >= 0.3 is 6.18 Å². The number of alkyl halides is 3. The minimum Gasteiger partial charge on any atom is -0.493 e. The van der Waals surface area contributed by atoms with E-state index in [9.17, 15) is 13.2 Å². The normalized spacial score (nSPS) is 12.8. The van der Waals surface area contributed by atoms with Gasteiger partial charge in [-0.2, -0.15) is 13.2 Å². The summed E-state index contributed by atoms with van der Waals surface area (Å²) >= 11 is 0. The number of methoxy groups -OCH3 is 2. The Morgan fingerprint density at radius 1 is 1.00 bits per heavy atom. The summed E-state index contributed by atoms with van der Waals surface area (Å²) in [6.07, 6.45) is -4.33. The first-order valence-corrected chi connectivity index (χ1v) is 7.46. The molecule has 1 N–H and O–H groups in total. The second-order valence-electron chi connectivity index (χ2n) is 5.42. The number of hydrogen-bond acceptors (Lipinski definition) is 3. The molecule has 0 fully saturated rings. The van der Waals surface area contributed by atoms with Crippen LogP contribution in [0.1, 0.15) is 29.7 Å². The van der Waals surface area contributed by atoms with E-state index in [4.69, 9.17) is 9.47 Å². The summed E-state index contributed by atoms with van der Waals surface area (Å²) in [5.74, 6) is 1.24. The zero-order valence-corrected chi connectivity index (χ0v) is 13.8. The molecule has 0 bridgehead atoms. The molecule has 2 aromatic carbocycles. The molecule has 0 spiro atoms. The van der Waals surface area contributed by atoms with E-state index in [1.807, 2.05) is 19.1 Å². The lowest BCUT2D eigenvalue weighted by Crippen LogP contribution is -2.18. The van der Waals surface area contributed by atoms with Crippen molar-refractivity contribution in [2.45, 2.75) is 25.7 Å². The second kappa shape index (κ2) is 7.57. The lowest BCUT2D eigenvalue weighted by Gasteiger charge is -2.17. The van der Waals surface area contributed by atoms with E-state index in [0.717, 1.165) is 17.7 Å². The molecule has 0 saturated carbocycles. The third-order valence-corrected chi connectivity index (χ3v) is 3.77. The average Bonchev–Trinajstić information content (AvgIpc) is 2.58. The molecule has 2 aromatic rings. The predicted octanol–water partition coefficient (Wildman–Crippen LogP) is 4.57. The predicted molar refractivity (Wildman–Crippen MR) is 86.2 cm³/mol. The summed E-state index contributed by atoms with van der Waals surface area (Å²) < 4.78 is 48.7. The molecule has 0 aromatic heterocycles. The fourth-order valence-electron chi connectivity index (χ4n) is 2.37. The highest BCUT2D eigenvalue weighted by molar-refractivity contribution is 5.43. The molecular formula is C18H20F3NO2. The van der Waals surface area contributed by atoms with Crippen LogP contribution in [0.25, 0.3) is 0 Å². The fraction of sp³-hybridized carbons (Fsp3) is 0.333. The molecule has 0 aliphatic rings. The number of halogens is 3. The van der Waals surface area contributed by atoms with Crippen LogP contribution >= 0.6 is 0 Å².